The molecule has 23 heavy (non-hydrogen) atoms. The van der Waals surface area contributed by atoms with Crippen molar-refractivity contribution in [2.75, 3.05) is 7.11 Å². The molecule has 0 bridgehead atoms. The molecule has 2 aromatic carbocycles. The highest BCUT2D eigenvalue weighted by Gasteiger charge is 2.07. The number of halogens is 1. The van der Waals surface area contributed by atoms with Gasteiger partial charge in [0, 0.05) is 5.39 Å². The van der Waals surface area contributed by atoms with E-state index >= 15 is 0 Å². The molecule has 0 saturated heterocycles. The van der Waals surface area contributed by atoms with Crippen LogP contribution < -0.4 is 16.0 Å². The third-order valence-electron chi connectivity index (χ3n) is 3.28. The van der Waals surface area contributed by atoms with E-state index in [9.17, 15) is 4.39 Å². The lowest BCUT2D eigenvalue weighted by molar-refractivity contribution is 0.415. The van der Waals surface area contributed by atoms with Crippen LogP contribution >= 0.6 is 12.2 Å². The van der Waals surface area contributed by atoms with Gasteiger partial charge in [-0.25, -0.2) is 9.38 Å². The van der Waals surface area contributed by atoms with Crippen LogP contribution in [0.25, 0.3) is 11.0 Å². The van der Waals surface area contributed by atoms with Crippen molar-refractivity contribution in [1.82, 2.24) is 0 Å². The van der Waals surface area contributed by atoms with Crippen LogP contribution in [0.3, 0.4) is 0 Å². The Morgan fingerprint density at radius 2 is 1.91 bits per heavy atom. The Balaban J connectivity index is 2.21. The molecule has 2 N–H and O–H groups in total. The maximum absolute atomic E-state index is 13.3. The number of ether oxygens (including phenoxy) is 1. The van der Waals surface area contributed by atoms with Gasteiger partial charge in [-0.3, -0.25) is 0 Å². The Kier molecular flexibility index (Phi) is 4.08. The zero-order chi connectivity index (χ0) is 16.4. The van der Waals surface area contributed by atoms with E-state index < -0.39 is 0 Å². The summed E-state index contributed by atoms with van der Waals surface area (Å²) in [6, 6.07) is 13.0. The third kappa shape index (κ3) is 3.22. The molecule has 0 aliphatic heterocycles. The molecule has 1 heterocycles. The maximum Gasteiger partial charge on any atom is 0.230 e. The normalized spacial score (nSPS) is 11.7. The molecular weight excluding hydrogens is 315 g/mol. The first kappa shape index (κ1) is 15.2. The van der Waals surface area contributed by atoms with Crippen LogP contribution in [0.1, 0.15) is 5.56 Å². The first-order chi connectivity index (χ1) is 11.1. The highest BCUT2D eigenvalue weighted by Crippen LogP contribution is 2.19. The summed E-state index contributed by atoms with van der Waals surface area (Å²) in [6.07, 6.45) is 0. The van der Waals surface area contributed by atoms with Gasteiger partial charge in [0.2, 0.25) is 5.55 Å². The first-order valence-electron chi connectivity index (χ1n) is 6.79. The average molecular weight is 328 g/mol. The Hall–Kier alpha value is -2.73. The van der Waals surface area contributed by atoms with E-state index in [1.807, 2.05) is 0 Å². The van der Waals surface area contributed by atoms with Gasteiger partial charge in [-0.15, -0.1) is 0 Å². The van der Waals surface area contributed by atoms with Crippen LogP contribution in [-0.2, 0) is 0 Å². The van der Waals surface area contributed by atoms with Crippen molar-refractivity contribution in [1.29, 1.82) is 0 Å². The van der Waals surface area contributed by atoms with Crippen LogP contribution in [0.4, 0.5) is 10.1 Å². The molecule has 0 atom stereocenters. The topological polar surface area (TPSA) is 60.8 Å². The predicted octanol–water partition coefficient (Wildman–Crippen LogP) is 3.45. The molecule has 0 unspecified atom stereocenters. The summed E-state index contributed by atoms with van der Waals surface area (Å²) in [4.78, 5) is 4.56. The van der Waals surface area contributed by atoms with Gasteiger partial charge in [-0.05, 0) is 48.5 Å². The molecule has 0 aliphatic carbocycles. The van der Waals surface area contributed by atoms with Crippen LogP contribution in [-0.4, -0.2) is 12.1 Å². The number of benzene rings is 2. The van der Waals surface area contributed by atoms with Crippen molar-refractivity contribution in [3.05, 3.63) is 65.5 Å². The minimum atomic E-state index is -0.360. The first-order valence-corrected chi connectivity index (χ1v) is 7.19. The minimum Gasteiger partial charge on any atom is -0.497 e. The molecule has 0 radical (unpaired) electrons. The average Bonchev–Trinajstić information content (AvgIpc) is 2.55. The number of methoxy groups -OCH3 is 1. The summed E-state index contributed by atoms with van der Waals surface area (Å²) < 4.78 is 24.2. The lowest BCUT2D eigenvalue weighted by Crippen LogP contribution is -2.20. The van der Waals surface area contributed by atoms with E-state index in [-0.39, 0.29) is 16.4 Å². The molecule has 1 aromatic heterocycles. The summed E-state index contributed by atoms with van der Waals surface area (Å²) >= 11 is 5.05. The second kappa shape index (κ2) is 6.18. The van der Waals surface area contributed by atoms with Gasteiger partial charge in [-0.2, -0.15) is 0 Å². The molecule has 4 nitrogen and oxygen atoms in total. The molecule has 0 aliphatic rings. The standard InChI is InChI=1S/C17H13FN2O2S/c1-21-13-5-3-12(4-6-13)20-17-14(16(19)23)9-10-8-11(18)2-7-15(10)22-17/h2-9H,1H3,(H2,19,23). The summed E-state index contributed by atoms with van der Waals surface area (Å²) in [5, 5.41) is 0.571. The number of fused-ring (bicyclic) bond motifs is 1. The zero-order valence-corrected chi connectivity index (χ0v) is 13.1. The number of hydrogen-bond acceptors (Lipinski definition) is 4. The van der Waals surface area contributed by atoms with Crippen molar-refractivity contribution in [2.45, 2.75) is 0 Å². The predicted molar refractivity (Wildman–Crippen MR) is 90.3 cm³/mol. The number of nitrogens with zero attached hydrogens (tertiary/aromatic N) is 1. The Morgan fingerprint density at radius 1 is 1.17 bits per heavy atom. The van der Waals surface area contributed by atoms with Gasteiger partial charge in [0.05, 0.1) is 18.4 Å². The second-order valence-corrected chi connectivity index (χ2v) is 5.26. The molecule has 0 amide bonds. The van der Waals surface area contributed by atoms with E-state index in [1.54, 1.807) is 43.5 Å². The molecule has 6 heteroatoms. The molecule has 116 valence electrons. The molecule has 0 spiro atoms. The van der Waals surface area contributed by atoms with E-state index in [2.05, 4.69) is 4.99 Å². The largest absolute Gasteiger partial charge is 0.497 e. The monoisotopic (exact) mass is 328 g/mol. The van der Waals surface area contributed by atoms with Crippen molar-refractivity contribution < 1.29 is 13.5 Å². The van der Waals surface area contributed by atoms with Crippen molar-refractivity contribution in [3.63, 3.8) is 0 Å². The second-order valence-electron chi connectivity index (χ2n) is 4.82. The van der Waals surface area contributed by atoms with E-state index in [0.717, 1.165) is 5.75 Å². The smallest absolute Gasteiger partial charge is 0.230 e. The number of rotatable bonds is 3. The van der Waals surface area contributed by atoms with E-state index in [4.69, 9.17) is 27.1 Å². The van der Waals surface area contributed by atoms with E-state index in [0.29, 0.717) is 22.2 Å². The lowest BCUT2D eigenvalue weighted by Gasteiger charge is -2.04. The van der Waals surface area contributed by atoms with Crippen molar-refractivity contribution in [2.24, 2.45) is 10.7 Å². The van der Waals surface area contributed by atoms with Crippen LogP contribution in [0.15, 0.2) is 57.9 Å². The van der Waals surface area contributed by atoms with Crippen LogP contribution in [0.2, 0.25) is 0 Å². The summed E-state index contributed by atoms with van der Waals surface area (Å²) in [5.41, 5.74) is 7.63. The molecule has 0 fully saturated rings. The van der Waals surface area contributed by atoms with Crippen molar-refractivity contribution >= 4 is 33.9 Å². The third-order valence-corrected chi connectivity index (χ3v) is 3.50. The lowest BCUT2D eigenvalue weighted by atomic mass is 10.2. The van der Waals surface area contributed by atoms with Crippen LogP contribution in [0, 0.1) is 5.82 Å². The van der Waals surface area contributed by atoms with Crippen molar-refractivity contribution in [3.8, 4) is 5.75 Å². The van der Waals surface area contributed by atoms with Gasteiger partial charge in [0.15, 0.2) is 0 Å². The molecular formula is C17H13FN2O2S. The van der Waals surface area contributed by atoms with Gasteiger partial charge < -0.3 is 14.9 Å². The van der Waals surface area contributed by atoms with Gasteiger partial charge >= 0.3 is 0 Å². The molecule has 0 saturated carbocycles. The Bertz CT molecular complexity index is 949. The Labute approximate surface area is 137 Å². The summed E-state index contributed by atoms with van der Waals surface area (Å²) in [5.74, 6) is 0.367. The minimum absolute atomic E-state index is 0.132. The Morgan fingerprint density at radius 3 is 2.57 bits per heavy atom. The van der Waals surface area contributed by atoms with Gasteiger partial charge in [0.25, 0.3) is 0 Å². The fourth-order valence-electron chi connectivity index (χ4n) is 2.14. The van der Waals surface area contributed by atoms with Crippen LogP contribution in [0.5, 0.6) is 5.75 Å². The molecule has 3 rings (SSSR count). The molecule has 3 aromatic rings. The highest BCUT2D eigenvalue weighted by molar-refractivity contribution is 7.80. The number of nitrogens with two attached hydrogens (primary N) is 1. The summed E-state index contributed by atoms with van der Waals surface area (Å²) in [7, 11) is 1.59. The SMILES string of the molecule is COc1ccc(N=c2oc3ccc(F)cc3cc2C(N)=S)cc1. The van der Waals surface area contributed by atoms with Gasteiger partial charge in [0.1, 0.15) is 22.1 Å². The fourth-order valence-corrected chi connectivity index (χ4v) is 2.28. The highest BCUT2D eigenvalue weighted by atomic mass is 32.1. The fraction of sp³-hybridized carbons (Fsp3) is 0.0588. The zero-order valence-electron chi connectivity index (χ0n) is 12.2. The van der Waals surface area contributed by atoms with E-state index in [1.165, 1.54) is 12.1 Å². The number of hydrogen-bond donors (Lipinski definition) is 1. The maximum atomic E-state index is 13.3. The quantitative estimate of drug-likeness (QED) is 0.748. The number of thiocarbonyl (C=S) groups is 1. The van der Waals surface area contributed by atoms with Gasteiger partial charge in [-0.1, -0.05) is 12.2 Å². The summed E-state index contributed by atoms with van der Waals surface area (Å²) in [6.45, 7) is 0.